The van der Waals surface area contributed by atoms with Gasteiger partial charge in [0, 0.05) is 27.4 Å². The van der Waals surface area contributed by atoms with E-state index < -0.39 is 11.9 Å². The number of urea groups is 1. The van der Waals surface area contributed by atoms with Gasteiger partial charge in [-0.05, 0) is 53.6 Å². The van der Waals surface area contributed by atoms with Gasteiger partial charge in [-0.25, -0.2) is 4.79 Å². The third kappa shape index (κ3) is 4.69. The van der Waals surface area contributed by atoms with E-state index >= 15 is 0 Å². The lowest BCUT2D eigenvalue weighted by molar-refractivity contribution is -0.110. The molecule has 4 amide bonds. The zero-order valence-electron chi connectivity index (χ0n) is 16.7. The summed E-state index contributed by atoms with van der Waals surface area (Å²) in [5.74, 6) is -0.826. The molecule has 0 aliphatic carbocycles. The van der Waals surface area contributed by atoms with E-state index in [-0.39, 0.29) is 18.1 Å². The Labute approximate surface area is 188 Å². The van der Waals surface area contributed by atoms with Gasteiger partial charge in [-0.1, -0.05) is 41.9 Å². The summed E-state index contributed by atoms with van der Waals surface area (Å²) in [5.41, 5.74) is 3.96. The zero-order valence-corrected chi connectivity index (χ0v) is 17.4. The highest BCUT2D eigenvalue weighted by molar-refractivity contribution is 6.35. The van der Waals surface area contributed by atoms with Crippen LogP contribution in [0.1, 0.15) is 27.0 Å². The Bertz CT molecular complexity index is 1240. The Morgan fingerprint density at radius 2 is 1.72 bits per heavy atom. The molecule has 0 unspecified atom stereocenters. The number of hydrogen-bond acceptors (Lipinski definition) is 4. The van der Waals surface area contributed by atoms with E-state index in [0.29, 0.717) is 33.1 Å². The van der Waals surface area contributed by atoms with Crippen LogP contribution in [0.25, 0.3) is 11.6 Å². The maximum absolute atomic E-state index is 12.4. The first-order valence-electron chi connectivity index (χ1n) is 9.68. The van der Waals surface area contributed by atoms with E-state index in [1.54, 1.807) is 48.5 Å². The van der Waals surface area contributed by atoms with E-state index in [2.05, 4.69) is 16.0 Å². The summed E-state index contributed by atoms with van der Waals surface area (Å²) >= 11 is 5.91. The molecule has 7 nitrogen and oxygen atoms in total. The molecule has 0 saturated heterocycles. The van der Waals surface area contributed by atoms with E-state index in [1.807, 2.05) is 12.1 Å². The van der Waals surface area contributed by atoms with E-state index in [4.69, 9.17) is 16.7 Å². The highest BCUT2D eigenvalue weighted by Crippen LogP contribution is 2.35. The SMILES string of the molecule is O=C(NC(=O)c1ccc(CO)cc1)Nc1ccc2c(c1)NC(=O)/C2=C/c1ccc(Cl)cc1. The second kappa shape index (κ2) is 9.05. The summed E-state index contributed by atoms with van der Waals surface area (Å²) < 4.78 is 0. The number of carbonyl (C=O) groups is 3. The van der Waals surface area contributed by atoms with Gasteiger partial charge >= 0.3 is 6.03 Å². The number of benzene rings is 3. The maximum Gasteiger partial charge on any atom is 0.326 e. The minimum absolute atomic E-state index is 0.131. The number of fused-ring (bicyclic) bond motifs is 1. The van der Waals surface area contributed by atoms with Crippen LogP contribution in [-0.2, 0) is 11.4 Å². The molecule has 0 saturated carbocycles. The van der Waals surface area contributed by atoms with Crippen LogP contribution in [0.15, 0.2) is 66.7 Å². The Balaban J connectivity index is 1.45. The number of hydrogen-bond donors (Lipinski definition) is 4. The van der Waals surface area contributed by atoms with Crippen molar-refractivity contribution in [2.24, 2.45) is 0 Å². The highest BCUT2D eigenvalue weighted by Gasteiger charge is 2.24. The quantitative estimate of drug-likeness (QED) is 0.447. The van der Waals surface area contributed by atoms with Gasteiger partial charge in [-0.2, -0.15) is 0 Å². The average molecular weight is 448 g/mol. The molecule has 32 heavy (non-hydrogen) atoms. The van der Waals surface area contributed by atoms with Crippen LogP contribution in [0.3, 0.4) is 0 Å². The normalized spacial score (nSPS) is 13.4. The lowest BCUT2D eigenvalue weighted by Crippen LogP contribution is -2.34. The summed E-state index contributed by atoms with van der Waals surface area (Å²) in [6.45, 7) is -0.131. The van der Waals surface area contributed by atoms with Crippen molar-refractivity contribution < 1.29 is 19.5 Å². The van der Waals surface area contributed by atoms with E-state index in [1.165, 1.54) is 12.1 Å². The first-order chi connectivity index (χ1) is 15.4. The molecular weight excluding hydrogens is 430 g/mol. The minimum atomic E-state index is -0.706. The molecule has 0 spiro atoms. The van der Waals surface area contributed by atoms with Crippen LogP contribution in [0.5, 0.6) is 0 Å². The largest absolute Gasteiger partial charge is 0.392 e. The number of aliphatic hydroxyl groups is 1. The summed E-state index contributed by atoms with van der Waals surface area (Å²) in [5, 5.41) is 17.3. The Morgan fingerprint density at radius 3 is 2.41 bits per heavy atom. The number of amides is 4. The van der Waals surface area contributed by atoms with Gasteiger partial charge in [0.2, 0.25) is 0 Å². The van der Waals surface area contributed by atoms with E-state index in [0.717, 1.165) is 5.56 Å². The van der Waals surface area contributed by atoms with Crippen LogP contribution in [0.2, 0.25) is 5.02 Å². The Hall–Kier alpha value is -3.94. The Kier molecular flexibility index (Phi) is 6.02. The van der Waals surface area contributed by atoms with Crippen LogP contribution in [-0.4, -0.2) is 23.0 Å². The molecule has 3 aromatic carbocycles. The molecule has 1 aliphatic rings. The molecule has 0 fully saturated rings. The fourth-order valence-electron chi connectivity index (χ4n) is 3.24. The molecular formula is C24H18ClN3O4. The zero-order chi connectivity index (χ0) is 22.7. The lowest BCUT2D eigenvalue weighted by atomic mass is 10.0. The van der Waals surface area contributed by atoms with Gasteiger partial charge in [-0.3, -0.25) is 14.9 Å². The third-order valence-corrected chi connectivity index (χ3v) is 5.12. The predicted molar refractivity (Wildman–Crippen MR) is 123 cm³/mol. The van der Waals surface area contributed by atoms with E-state index in [9.17, 15) is 14.4 Å². The number of aliphatic hydroxyl groups excluding tert-OH is 1. The number of halogens is 1. The maximum atomic E-state index is 12.4. The van der Waals surface area contributed by atoms with Gasteiger partial charge in [-0.15, -0.1) is 0 Å². The summed E-state index contributed by atoms with van der Waals surface area (Å²) in [7, 11) is 0. The monoisotopic (exact) mass is 447 g/mol. The number of nitrogens with one attached hydrogen (secondary N) is 3. The van der Waals surface area contributed by atoms with Crippen molar-refractivity contribution in [1.82, 2.24) is 5.32 Å². The molecule has 4 N–H and O–H groups in total. The molecule has 0 bridgehead atoms. The van der Waals surface area contributed by atoms with Gasteiger partial charge in [0.05, 0.1) is 12.3 Å². The average Bonchev–Trinajstić information content (AvgIpc) is 3.09. The Morgan fingerprint density at radius 1 is 1.00 bits per heavy atom. The van der Waals surface area contributed by atoms with Crippen molar-refractivity contribution in [2.75, 3.05) is 10.6 Å². The van der Waals surface area contributed by atoms with Gasteiger partial charge < -0.3 is 15.7 Å². The van der Waals surface area contributed by atoms with Gasteiger partial charge in [0.15, 0.2) is 0 Å². The fraction of sp³-hybridized carbons (Fsp3) is 0.0417. The standard InChI is InChI=1S/C24H18ClN3O4/c25-17-7-3-14(4-8-17)11-20-19-10-9-18(12-21(19)27-23(20)31)26-24(32)28-22(30)16-5-1-15(13-29)2-6-16/h1-12,29H,13H2,(H,27,31)(H2,26,28,30,32)/b20-11+. The molecule has 0 radical (unpaired) electrons. The molecule has 0 aromatic heterocycles. The second-order valence-electron chi connectivity index (χ2n) is 7.09. The predicted octanol–water partition coefficient (Wildman–Crippen LogP) is 4.29. The number of carbonyl (C=O) groups excluding carboxylic acids is 3. The van der Waals surface area contributed by atoms with Crippen molar-refractivity contribution in [2.45, 2.75) is 6.61 Å². The van der Waals surface area contributed by atoms with Gasteiger partial charge in [0.25, 0.3) is 11.8 Å². The lowest BCUT2D eigenvalue weighted by Gasteiger charge is -2.08. The third-order valence-electron chi connectivity index (χ3n) is 4.87. The molecule has 8 heteroatoms. The second-order valence-corrected chi connectivity index (χ2v) is 7.52. The fourth-order valence-corrected chi connectivity index (χ4v) is 3.37. The molecule has 1 heterocycles. The smallest absolute Gasteiger partial charge is 0.326 e. The minimum Gasteiger partial charge on any atom is -0.392 e. The highest BCUT2D eigenvalue weighted by atomic mass is 35.5. The van der Waals surface area contributed by atoms with Crippen molar-refractivity contribution >= 4 is 52.5 Å². The summed E-state index contributed by atoms with van der Waals surface area (Å²) in [4.78, 5) is 36.8. The molecule has 160 valence electrons. The van der Waals surface area contributed by atoms with Crippen molar-refractivity contribution in [3.8, 4) is 0 Å². The topological polar surface area (TPSA) is 108 Å². The first kappa shape index (κ1) is 21.3. The van der Waals surface area contributed by atoms with Crippen LogP contribution in [0.4, 0.5) is 16.2 Å². The number of imide groups is 1. The summed E-state index contributed by atoms with van der Waals surface area (Å²) in [6, 6.07) is 17.7. The number of anilines is 2. The van der Waals surface area contributed by atoms with Crippen LogP contribution in [0, 0.1) is 0 Å². The number of rotatable bonds is 4. The molecule has 4 rings (SSSR count). The van der Waals surface area contributed by atoms with Crippen molar-refractivity contribution in [3.05, 3.63) is 94.0 Å². The molecule has 1 aliphatic heterocycles. The van der Waals surface area contributed by atoms with Crippen LogP contribution >= 0.6 is 11.6 Å². The molecule has 3 aromatic rings. The van der Waals surface area contributed by atoms with Crippen LogP contribution < -0.4 is 16.0 Å². The van der Waals surface area contributed by atoms with Gasteiger partial charge in [0.1, 0.15) is 0 Å². The van der Waals surface area contributed by atoms with Crippen molar-refractivity contribution in [1.29, 1.82) is 0 Å². The van der Waals surface area contributed by atoms with Crippen molar-refractivity contribution in [3.63, 3.8) is 0 Å². The first-order valence-corrected chi connectivity index (χ1v) is 10.1. The summed E-state index contributed by atoms with van der Waals surface area (Å²) in [6.07, 6.45) is 1.76. The molecule has 0 atom stereocenters.